The number of carbonyl (C=O) groups is 2. The number of ether oxygens (including phenoxy) is 3. The molecule has 1 aliphatic heterocycles. The molecule has 8 N–H and O–H groups in total. The zero-order chi connectivity index (χ0) is 33.1. The molecule has 1 atom stereocenters. The fourth-order valence-electron chi connectivity index (χ4n) is 3.95. The minimum atomic E-state index is -5.08. The van der Waals surface area contributed by atoms with Gasteiger partial charge < -0.3 is 35.5 Å². The quantitative estimate of drug-likeness (QED) is 0.0833. The number of carboxylic acid groups (broad SMARTS) is 2. The number of aromatic carboxylic acids is 1. The normalized spacial score (nSPS) is 12.8. The number of nitrogens with zero attached hydrogens (tertiary/aromatic N) is 3. The molecule has 0 spiro atoms. The Bertz CT molecular complexity index is 1800. The van der Waals surface area contributed by atoms with Crippen molar-refractivity contribution in [2.24, 2.45) is 5.73 Å². The Morgan fingerprint density at radius 2 is 1.80 bits per heavy atom. The van der Waals surface area contributed by atoms with Crippen LogP contribution >= 0.6 is 0 Å². The number of anilines is 1. The van der Waals surface area contributed by atoms with E-state index < -0.39 is 35.7 Å². The summed E-state index contributed by atoms with van der Waals surface area (Å²) in [7, 11) is 1.39. The summed E-state index contributed by atoms with van der Waals surface area (Å²) in [6.07, 6.45) is -4.05. The third kappa shape index (κ3) is 6.78. The first kappa shape index (κ1) is 31.8. The average Bonchev–Trinajstić information content (AvgIpc) is 3.63. The molecule has 1 aliphatic rings. The van der Waals surface area contributed by atoms with Gasteiger partial charge in [-0.2, -0.15) is 23.0 Å². The number of hydrogen-bond donors (Lipinski definition) is 7. The summed E-state index contributed by atoms with van der Waals surface area (Å²) in [5.74, 6) is -5.10. The number of benzene rings is 2. The molecule has 0 saturated heterocycles. The van der Waals surface area contributed by atoms with Gasteiger partial charge in [0.05, 0.1) is 13.3 Å². The van der Waals surface area contributed by atoms with Crippen LogP contribution in [-0.2, 0) is 4.79 Å². The second-order valence-electron chi connectivity index (χ2n) is 8.87. The Morgan fingerprint density at radius 1 is 1.18 bits per heavy atom. The highest BCUT2D eigenvalue weighted by Crippen LogP contribution is 2.45. The van der Waals surface area contributed by atoms with Crippen molar-refractivity contribution < 1.29 is 51.6 Å². The molecule has 3 heterocycles. The van der Waals surface area contributed by atoms with E-state index in [4.69, 9.17) is 35.3 Å². The van der Waals surface area contributed by atoms with E-state index in [0.29, 0.717) is 11.3 Å². The van der Waals surface area contributed by atoms with E-state index >= 15 is 4.39 Å². The number of rotatable bonds is 8. The molecule has 0 amide bonds. The van der Waals surface area contributed by atoms with Crippen molar-refractivity contribution >= 4 is 23.5 Å². The first-order valence-electron chi connectivity index (χ1n) is 12.4. The molecule has 0 bridgehead atoms. The summed E-state index contributed by atoms with van der Waals surface area (Å²) in [4.78, 5) is 35.8. The first-order valence-corrected chi connectivity index (χ1v) is 12.4. The Morgan fingerprint density at radius 3 is 2.36 bits per heavy atom. The summed E-state index contributed by atoms with van der Waals surface area (Å²) < 4.78 is 64.9. The summed E-state index contributed by atoms with van der Waals surface area (Å²) in [5.41, 5.74) is 5.38. The SMILES string of the molecule is COc1cc(C(Nc2ccc(C(=N)N)cc2)c2nn(-c3[nH]ncc3C(=O)O)c(=O)[nH]2)c(F)c2c1OCCO2.O=C(O)C(F)(F)F. The molecule has 5 rings (SSSR count). The van der Waals surface area contributed by atoms with E-state index in [-0.39, 0.29) is 59.1 Å². The number of nitrogen functional groups attached to an aromatic ring is 1. The largest absolute Gasteiger partial charge is 0.493 e. The van der Waals surface area contributed by atoms with Gasteiger partial charge in [-0.1, -0.05) is 0 Å². The van der Waals surface area contributed by atoms with Crippen LogP contribution in [0.4, 0.5) is 23.2 Å². The number of H-pyrrole nitrogens is 2. The van der Waals surface area contributed by atoms with Crippen molar-refractivity contribution in [1.29, 1.82) is 5.41 Å². The molecular formula is C25H22F4N8O8. The molecule has 1 unspecified atom stereocenters. The standard InChI is InChI=1S/C23H21FN8O6.C2HF3O2/c1-36-14-8-12(15(24)18-17(14)37-6-7-38-18)16(28-11-4-2-10(3-5-11)19(25)26)20-29-23(35)32(31-20)21-13(22(33)34)9-27-30-21;3-2(4,5)1(6)7/h2-5,8-9,16,28H,6-7H2,1H3,(H3,25,26)(H,27,30)(H,33,34)(H,29,31,35);(H,6,7). The third-order valence-corrected chi connectivity index (χ3v) is 6.00. The van der Waals surface area contributed by atoms with Crippen molar-refractivity contribution in [3.05, 3.63) is 75.3 Å². The predicted molar refractivity (Wildman–Crippen MR) is 144 cm³/mol. The highest BCUT2D eigenvalue weighted by Gasteiger charge is 2.38. The lowest BCUT2D eigenvalue weighted by atomic mass is 10.0. The van der Waals surface area contributed by atoms with Crippen LogP contribution in [0, 0.1) is 11.2 Å². The van der Waals surface area contributed by atoms with E-state index in [1.165, 1.54) is 13.2 Å². The van der Waals surface area contributed by atoms with Crippen LogP contribution < -0.4 is 31.0 Å². The number of nitrogens with two attached hydrogens (primary N) is 1. The van der Waals surface area contributed by atoms with Crippen molar-refractivity contribution in [2.75, 3.05) is 25.6 Å². The molecule has 0 fully saturated rings. The van der Waals surface area contributed by atoms with Gasteiger partial charge in [-0.15, -0.1) is 5.10 Å². The van der Waals surface area contributed by atoms with E-state index in [9.17, 15) is 27.9 Å². The van der Waals surface area contributed by atoms with E-state index in [1.54, 1.807) is 24.3 Å². The van der Waals surface area contributed by atoms with Gasteiger partial charge in [0, 0.05) is 16.8 Å². The zero-order valence-electron chi connectivity index (χ0n) is 22.7. The zero-order valence-corrected chi connectivity index (χ0v) is 22.7. The number of methoxy groups -OCH3 is 1. The monoisotopic (exact) mass is 638 g/mol. The van der Waals surface area contributed by atoms with Crippen LogP contribution in [0.2, 0.25) is 0 Å². The number of fused-ring (bicyclic) bond motifs is 1. The molecule has 0 saturated carbocycles. The Kier molecular flexibility index (Phi) is 8.95. The van der Waals surface area contributed by atoms with Gasteiger partial charge in [-0.05, 0) is 30.3 Å². The van der Waals surface area contributed by atoms with Gasteiger partial charge in [-0.3, -0.25) is 15.5 Å². The van der Waals surface area contributed by atoms with Gasteiger partial charge in [0.25, 0.3) is 0 Å². The number of aromatic amines is 2. The predicted octanol–water partition coefficient (Wildman–Crippen LogP) is 2.02. The Balaban J connectivity index is 0.000000591. The van der Waals surface area contributed by atoms with Crippen LogP contribution in [0.3, 0.4) is 0 Å². The van der Waals surface area contributed by atoms with Crippen LogP contribution in [0.15, 0.2) is 41.3 Å². The lowest BCUT2D eigenvalue weighted by Crippen LogP contribution is -2.21. The number of nitrogens with one attached hydrogen (secondary N) is 4. The maximum atomic E-state index is 15.9. The highest BCUT2D eigenvalue weighted by atomic mass is 19.4. The summed E-state index contributed by atoms with van der Waals surface area (Å²) in [6, 6.07) is 6.67. The van der Waals surface area contributed by atoms with Gasteiger partial charge >= 0.3 is 23.8 Å². The molecular weight excluding hydrogens is 616 g/mol. The van der Waals surface area contributed by atoms with Crippen molar-refractivity contribution in [3.8, 4) is 23.1 Å². The second kappa shape index (κ2) is 12.7. The van der Waals surface area contributed by atoms with E-state index in [0.717, 1.165) is 10.9 Å². The smallest absolute Gasteiger partial charge is 0.490 e. The van der Waals surface area contributed by atoms with Crippen molar-refractivity contribution in [2.45, 2.75) is 12.2 Å². The number of aliphatic carboxylic acids is 1. The number of carboxylic acids is 2. The van der Waals surface area contributed by atoms with E-state index in [2.05, 4.69) is 25.6 Å². The molecule has 2 aromatic heterocycles. The molecule has 0 aliphatic carbocycles. The number of alkyl halides is 3. The first-order chi connectivity index (χ1) is 21.2. The maximum absolute atomic E-state index is 15.9. The highest BCUT2D eigenvalue weighted by molar-refractivity contribution is 5.95. The minimum Gasteiger partial charge on any atom is -0.493 e. The van der Waals surface area contributed by atoms with Gasteiger partial charge in [-0.25, -0.2) is 18.8 Å². The summed E-state index contributed by atoms with van der Waals surface area (Å²) in [6.45, 7) is 0.324. The lowest BCUT2D eigenvalue weighted by molar-refractivity contribution is -0.192. The van der Waals surface area contributed by atoms with Crippen molar-refractivity contribution in [1.82, 2.24) is 25.0 Å². The van der Waals surface area contributed by atoms with Crippen LogP contribution in [-0.4, -0.2) is 79.4 Å². The Labute approximate surface area is 247 Å². The average molecular weight is 638 g/mol. The van der Waals surface area contributed by atoms with Crippen LogP contribution in [0.5, 0.6) is 17.2 Å². The second-order valence-corrected chi connectivity index (χ2v) is 8.87. The number of amidine groups is 1. The fraction of sp³-hybridized carbons (Fsp3) is 0.200. The summed E-state index contributed by atoms with van der Waals surface area (Å²) >= 11 is 0. The number of aromatic nitrogens is 5. The lowest BCUT2D eigenvalue weighted by Gasteiger charge is -2.25. The minimum absolute atomic E-state index is 0.00860. The Hall–Kier alpha value is -6.08. The molecule has 2 aromatic carbocycles. The van der Waals surface area contributed by atoms with Crippen LogP contribution in [0.1, 0.15) is 33.4 Å². The number of hydrogen-bond acceptors (Lipinski definition) is 10. The van der Waals surface area contributed by atoms with Gasteiger partial charge in [0.1, 0.15) is 30.7 Å². The summed E-state index contributed by atoms with van der Waals surface area (Å²) in [5, 5.41) is 37.6. The number of halogens is 4. The van der Waals surface area contributed by atoms with E-state index in [1.807, 2.05) is 0 Å². The molecule has 16 nitrogen and oxygen atoms in total. The maximum Gasteiger partial charge on any atom is 0.490 e. The molecule has 0 radical (unpaired) electrons. The molecule has 238 valence electrons. The third-order valence-electron chi connectivity index (χ3n) is 6.00. The fourth-order valence-corrected chi connectivity index (χ4v) is 3.95. The molecule has 20 heteroatoms. The molecule has 4 aromatic rings. The molecule has 45 heavy (non-hydrogen) atoms. The topological polar surface area (TPSA) is 244 Å². The van der Waals surface area contributed by atoms with Crippen LogP contribution in [0.25, 0.3) is 5.82 Å². The van der Waals surface area contributed by atoms with Gasteiger partial charge in [0.15, 0.2) is 23.2 Å². The van der Waals surface area contributed by atoms with Crippen molar-refractivity contribution in [3.63, 3.8) is 0 Å². The van der Waals surface area contributed by atoms with Gasteiger partial charge in [0.2, 0.25) is 11.5 Å².